The summed E-state index contributed by atoms with van der Waals surface area (Å²) in [5, 5.41) is 5.93. The fourth-order valence-corrected chi connectivity index (χ4v) is 2.11. The van der Waals surface area contributed by atoms with Gasteiger partial charge in [0.05, 0.1) is 6.54 Å². The lowest BCUT2D eigenvalue weighted by atomic mass is 10.2. The summed E-state index contributed by atoms with van der Waals surface area (Å²) in [6.45, 7) is 2.24. The molecule has 0 radical (unpaired) electrons. The number of rotatable bonds is 4. The molecule has 1 amide bonds. The molecule has 2 rings (SSSR count). The molecule has 2 N–H and O–H groups in total. The number of nitrogens with one attached hydrogen (secondary N) is 2. The maximum atomic E-state index is 11.8. The minimum Gasteiger partial charge on any atom is -0.376 e. The smallest absolute Gasteiger partial charge is 0.243 e. The van der Waals surface area contributed by atoms with Crippen LogP contribution in [0.4, 0.5) is 11.4 Å². The van der Waals surface area contributed by atoms with Gasteiger partial charge in [-0.3, -0.25) is 4.79 Å². The highest BCUT2D eigenvalue weighted by atomic mass is 79.9. The van der Waals surface area contributed by atoms with Crippen molar-refractivity contribution < 1.29 is 4.79 Å². The summed E-state index contributed by atoms with van der Waals surface area (Å²) in [5.41, 5.74) is 2.85. The van der Waals surface area contributed by atoms with Crippen LogP contribution in [0.5, 0.6) is 0 Å². The number of benzene rings is 2. The normalized spacial score (nSPS) is 10.0. The van der Waals surface area contributed by atoms with Gasteiger partial charge in [0.15, 0.2) is 0 Å². The largest absolute Gasteiger partial charge is 0.376 e. The van der Waals surface area contributed by atoms with Crippen molar-refractivity contribution in [3.8, 4) is 0 Å². The van der Waals surface area contributed by atoms with Crippen LogP contribution in [0.3, 0.4) is 0 Å². The van der Waals surface area contributed by atoms with Gasteiger partial charge in [-0.05, 0) is 42.8 Å². The summed E-state index contributed by atoms with van der Waals surface area (Å²) in [6.07, 6.45) is 0. The first kappa shape index (κ1) is 13.6. The molecular formula is C15H15BrN2O. The zero-order valence-corrected chi connectivity index (χ0v) is 12.2. The first-order chi connectivity index (χ1) is 9.13. The van der Waals surface area contributed by atoms with Crippen LogP contribution >= 0.6 is 15.9 Å². The SMILES string of the molecule is Cc1cccc(NC(=O)CNc2cccc(Br)c2)c1. The average molecular weight is 319 g/mol. The highest BCUT2D eigenvalue weighted by molar-refractivity contribution is 9.10. The Morgan fingerprint density at radius 1 is 1.11 bits per heavy atom. The first-order valence-corrected chi connectivity index (χ1v) is 6.79. The molecule has 2 aromatic carbocycles. The Kier molecular flexibility index (Phi) is 4.58. The standard InChI is InChI=1S/C15H15BrN2O/c1-11-4-2-7-14(8-11)18-15(19)10-17-13-6-3-5-12(16)9-13/h2-9,17H,10H2,1H3,(H,18,19). The number of hydrogen-bond donors (Lipinski definition) is 2. The van der Waals surface area contributed by atoms with Crippen molar-refractivity contribution in [1.29, 1.82) is 0 Å². The summed E-state index contributed by atoms with van der Waals surface area (Å²) in [7, 11) is 0. The van der Waals surface area contributed by atoms with Crippen LogP contribution in [0.15, 0.2) is 53.0 Å². The van der Waals surface area contributed by atoms with E-state index in [1.807, 2.05) is 55.5 Å². The zero-order chi connectivity index (χ0) is 13.7. The van der Waals surface area contributed by atoms with Gasteiger partial charge in [-0.25, -0.2) is 0 Å². The summed E-state index contributed by atoms with van der Waals surface area (Å²) in [4.78, 5) is 11.8. The van der Waals surface area contributed by atoms with E-state index < -0.39 is 0 Å². The minimum atomic E-state index is -0.0643. The number of halogens is 1. The maximum absolute atomic E-state index is 11.8. The fraction of sp³-hybridized carbons (Fsp3) is 0.133. The van der Waals surface area contributed by atoms with E-state index >= 15 is 0 Å². The third-order valence-electron chi connectivity index (χ3n) is 2.58. The molecule has 0 aliphatic rings. The number of carbonyl (C=O) groups excluding carboxylic acids is 1. The Hall–Kier alpha value is -1.81. The Bertz CT molecular complexity index is 584. The van der Waals surface area contributed by atoms with Crippen LogP contribution in [-0.4, -0.2) is 12.5 Å². The van der Waals surface area contributed by atoms with Crippen LogP contribution in [0.25, 0.3) is 0 Å². The quantitative estimate of drug-likeness (QED) is 0.900. The summed E-state index contributed by atoms with van der Waals surface area (Å²) in [5.74, 6) is -0.0643. The number of aryl methyl sites for hydroxylation is 1. The van der Waals surface area contributed by atoms with E-state index in [9.17, 15) is 4.79 Å². The van der Waals surface area contributed by atoms with Crippen molar-refractivity contribution >= 4 is 33.2 Å². The molecule has 0 unspecified atom stereocenters. The monoisotopic (exact) mass is 318 g/mol. The molecule has 19 heavy (non-hydrogen) atoms. The Labute approximate surface area is 121 Å². The van der Waals surface area contributed by atoms with Crippen molar-refractivity contribution in [3.63, 3.8) is 0 Å². The van der Waals surface area contributed by atoms with Crippen molar-refractivity contribution in [2.75, 3.05) is 17.2 Å². The van der Waals surface area contributed by atoms with Crippen LogP contribution in [0, 0.1) is 6.92 Å². The molecule has 2 aromatic rings. The number of amides is 1. The molecule has 0 bridgehead atoms. The van der Waals surface area contributed by atoms with Crippen LogP contribution in [0.2, 0.25) is 0 Å². The lowest BCUT2D eigenvalue weighted by Gasteiger charge is -2.08. The van der Waals surface area contributed by atoms with Crippen LogP contribution in [0.1, 0.15) is 5.56 Å². The highest BCUT2D eigenvalue weighted by Gasteiger charge is 2.02. The van der Waals surface area contributed by atoms with E-state index in [0.717, 1.165) is 21.4 Å². The van der Waals surface area contributed by atoms with Crippen molar-refractivity contribution in [3.05, 3.63) is 58.6 Å². The molecule has 98 valence electrons. The Morgan fingerprint density at radius 2 is 1.84 bits per heavy atom. The van der Waals surface area contributed by atoms with E-state index in [4.69, 9.17) is 0 Å². The second-order valence-electron chi connectivity index (χ2n) is 4.28. The minimum absolute atomic E-state index is 0.0643. The average Bonchev–Trinajstić information content (AvgIpc) is 2.36. The number of anilines is 2. The van der Waals surface area contributed by atoms with Crippen LogP contribution < -0.4 is 10.6 Å². The van der Waals surface area contributed by atoms with Gasteiger partial charge in [-0.15, -0.1) is 0 Å². The molecule has 4 heteroatoms. The fourth-order valence-electron chi connectivity index (χ4n) is 1.71. The summed E-state index contributed by atoms with van der Waals surface area (Å²) >= 11 is 3.39. The molecule has 0 aromatic heterocycles. The predicted octanol–water partition coefficient (Wildman–Crippen LogP) is 3.81. The molecule has 0 heterocycles. The zero-order valence-electron chi connectivity index (χ0n) is 10.6. The second kappa shape index (κ2) is 6.38. The third-order valence-corrected chi connectivity index (χ3v) is 3.07. The van der Waals surface area contributed by atoms with Gasteiger partial charge in [0.25, 0.3) is 0 Å². The van der Waals surface area contributed by atoms with Gasteiger partial charge in [-0.1, -0.05) is 34.1 Å². The molecule has 0 atom stereocenters. The maximum Gasteiger partial charge on any atom is 0.243 e. The van der Waals surface area contributed by atoms with Crippen molar-refractivity contribution in [1.82, 2.24) is 0 Å². The van der Waals surface area contributed by atoms with E-state index in [0.29, 0.717) is 0 Å². The predicted molar refractivity (Wildman–Crippen MR) is 82.4 cm³/mol. The second-order valence-corrected chi connectivity index (χ2v) is 5.20. The van der Waals surface area contributed by atoms with Gasteiger partial charge < -0.3 is 10.6 Å². The van der Waals surface area contributed by atoms with Gasteiger partial charge in [0.2, 0.25) is 5.91 Å². The molecule has 3 nitrogen and oxygen atoms in total. The van der Waals surface area contributed by atoms with Crippen molar-refractivity contribution in [2.24, 2.45) is 0 Å². The topological polar surface area (TPSA) is 41.1 Å². The molecule has 0 aliphatic heterocycles. The molecule has 0 aliphatic carbocycles. The molecule has 0 saturated heterocycles. The van der Waals surface area contributed by atoms with E-state index in [1.54, 1.807) is 0 Å². The lowest BCUT2D eigenvalue weighted by Crippen LogP contribution is -2.21. The van der Waals surface area contributed by atoms with E-state index in [2.05, 4.69) is 26.6 Å². The molecule has 0 spiro atoms. The molecule has 0 fully saturated rings. The Morgan fingerprint density at radius 3 is 2.58 bits per heavy atom. The third kappa shape index (κ3) is 4.41. The summed E-state index contributed by atoms with van der Waals surface area (Å²) in [6, 6.07) is 15.5. The Balaban J connectivity index is 1.88. The van der Waals surface area contributed by atoms with E-state index in [-0.39, 0.29) is 12.5 Å². The van der Waals surface area contributed by atoms with Gasteiger partial charge >= 0.3 is 0 Å². The first-order valence-electron chi connectivity index (χ1n) is 5.99. The summed E-state index contributed by atoms with van der Waals surface area (Å²) < 4.78 is 0.983. The van der Waals surface area contributed by atoms with Gasteiger partial charge in [0, 0.05) is 15.8 Å². The van der Waals surface area contributed by atoms with E-state index in [1.165, 1.54) is 0 Å². The number of hydrogen-bond acceptors (Lipinski definition) is 2. The van der Waals surface area contributed by atoms with Crippen LogP contribution in [-0.2, 0) is 4.79 Å². The van der Waals surface area contributed by atoms with Gasteiger partial charge in [-0.2, -0.15) is 0 Å². The molecular weight excluding hydrogens is 304 g/mol. The number of carbonyl (C=O) groups is 1. The molecule has 0 saturated carbocycles. The van der Waals surface area contributed by atoms with Gasteiger partial charge in [0.1, 0.15) is 0 Å². The lowest BCUT2D eigenvalue weighted by molar-refractivity contribution is -0.114. The van der Waals surface area contributed by atoms with Crippen molar-refractivity contribution in [2.45, 2.75) is 6.92 Å². The highest BCUT2D eigenvalue weighted by Crippen LogP contribution is 2.15.